The Morgan fingerprint density at radius 3 is 2.07 bits per heavy atom. The van der Waals surface area contributed by atoms with Gasteiger partial charge in [0.25, 0.3) is 0 Å². The summed E-state index contributed by atoms with van der Waals surface area (Å²) >= 11 is 0. The predicted octanol–water partition coefficient (Wildman–Crippen LogP) is 4.03. The van der Waals surface area contributed by atoms with E-state index in [2.05, 4.69) is 0 Å². The number of carbonyl (C=O) groups is 4. The molecule has 0 amide bonds. The van der Waals surface area contributed by atoms with E-state index < -0.39 is 119 Å². The van der Waals surface area contributed by atoms with Crippen LogP contribution in [0, 0.1) is 53.3 Å². The second-order valence-electron chi connectivity index (χ2n) is 18.0. The molecule has 3 aliphatic heterocycles. The van der Waals surface area contributed by atoms with Crippen molar-refractivity contribution in [2.45, 2.75) is 168 Å². The number of allylic oxidation sites excluding steroid dienone is 3. The molecule has 0 radical (unpaired) electrons. The van der Waals surface area contributed by atoms with Gasteiger partial charge in [0.2, 0.25) is 5.79 Å². The third-order valence-electron chi connectivity index (χ3n) is 13.3. The average molecular weight is 821 g/mol. The van der Waals surface area contributed by atoms with Crippen LogP contribution in [0.15, 0.2) is 36.5 Å². The highest BCUT2D eigenvalue weighted by atomic mass is 16.7. The van der Waals surface area contributed by atoms with Crippen molar-refractivity contribution in [3.05, 3.63) is 36.5 Å². The molecule has 58 heavy (non-hydrogen) atoms. The Hall–Kier alpha value is -2.62. The van der Waals surface area contributed by atoms with Crippen LogP contribution in [-0.2, 0) is 33.4 Å². The number of hydrogen-bond acceptors (Lipinski definition) is 13. The summed E-state index contributed by atoms with van der Waals surface area (Å²) in [6.07, 6.45) is 2.73. The number of aliphatic hydroxyl groups excluding tert-OH is 5. The number of esters is 1. The van der Waals surface area contributed by atoms with Gasteiger partial charge in [0.15, 0.2) is 11.6 Å². The number of hydrogen-bond donors (Lipinski definition) is 6. The predicted molar refractivity (Wildman–Crippen MR) is 217 cm³/mol. The highest BCUT2D eigenvalue weighted by Gasteiger charge is 2.61. The Bertz CT molecular complexity index is 1500. The summed E-state index contributed by atoms with van der Waals surface area (Å²) in [5.41, 5.74) is -2.24. The minimum atomic E-state index is -2.24. The summed E-state index contributed by atoms with van der Waals surface area (Å²) in [6, 6.07) is 0. The van der Waals surface area contributed by atoms with E-state index in [1.165, 1.54) is 33.8 Å². The maximum atomic E-state index is 14.0. The van der Waals surface area contributed by atoms with E-state index in [0.29, 0.717) is 6.42 Å². The SMILES string of the molecule is CCC1C=CC=CCC(C)C(O)C(C)(O)C(=O)C(C)C(O)C(C)C(=O)C(C)C(O)C(C)C=CC(=O)OC2C(C)C(CC1O)OC1(OC(CC(C)O)C(C)CC1=O)C2C. The van der Waals surface area contributed by atoms with Crippen molar-refractivity contribution in [1.29, 1.82) is 0 Å². The number of rotatable bonds is 3. The fourth-order valence-corrected chi connectivity index (χ4v) is 8.97. The van der Waals surface area contributed by atoms with Crippen LogP contribution in [0.5, 0.6) is 0 Å². The first-order valence-electron chi connectivity index (χ1n) is 21.2. The maximum absolute atomic E-state index is 14.0. The van der Waals surface area contributed by atoms with E-state index >= 15 is 0 Å². The van der Waals surface area contributed by atoms with Crippen molar-refractivity contribution < 1.29 is 64.0 Å². The van der Waals surface area contributed by atoms with Crippen molar-refractivity contribution >= 4 is 23.3 Å². The fourth-order valence-electron chi connectivity index (χ4n) is 8.97. The average Bonchev–Trinajstić information content (AvgIpc) is 3.17. The van der Waals surface area contributed by atoms with Gasteiger partial charge in [-0.15, -0.1) is 0 Å². The molecule has 0 aromatic rings. The Kier molecular flexibility index (Phi) is 17.8. The zero-order valence-corrected chi connectivity index (χ0v) is 36.4. The molecule has 0 aliphatic carbocycles. The molecule has 19 unspecified atom stereocenters. The topological polar surface area (TPSA) is 217 Å². The van der Waals surface area contributed by atoms with Crippen molar-refractivity contribution in [2.24, 2.45) is 53.3 Å². The Labute approximate surface area is 344 Å². The Balaban J connectivity index is 2.06. The van der Waals surface area contributed by atoms with Crippen LogP contribution < -0.4 is 0 Å². The molecule has 0 aromatic carbocycles. The molecule has 13 nitrogen and oxygen atoms in total. The second kappa shape index (κ2) is 20.8. The van der Waals surface area contributed by atoms with Crippen LogP contribution in [0.25, 0.3) is 0 Å². The van der Waals surface area contributed by atoms with Crippen LogP contribution in [0.1, 0.15) is 108 Å². The highest BCUT2D eigenvalue weighted by Crippen LogP contribution is 2.47. The summed E-state index contributed by atoms with van der Waals surface area (Å²) in [5.74, 6) is -10.8. The van der Waals surface area contributed by atoms with Gasteiger partial charge in [-0.3, -0.25) is 14.4 Å². The molecule has 13 heteroatoms. The van der Waals surface area contributed by atoms with Crippen molar-refractivity contribution in [3.8, 4) is 0 Å². The molecule has 2 saturated heterocycles. The molecule has 3 heterocycles. The first-order valence-corrected chi connectivity index (χ1v) is 21.2. The quantitative estimate of drug-likeness (QED) is 0.222. The standard InChI is InChI=1S/C45H72O13/c1-12-32-17-15-13-14-16-24(3)42(53)44(11,55)43(54)30(9)40(52)29(8)39(51)28(7)38(50)23(2)18-19-37(49)56-41-27(6)35(22-33(32)47)58-45(31(41)10)36(48)20-25(4)34(57-45)21-26(5)46/h13-15,17-19,23-35,38,40-42,46-47,50,52-53,55H,12,16,20-22H2,1-11H3. The molecule has 330 valence electrons. The number of aliphatic hydroxyl groups is 6. The zero-order valence-electron chi connectivity index (χ0n) is 36.4. The van der Waals surface area contributed by atoms with Gasteiger partial charge in [-0.05, 0) is 44.9 Å². The van der Waals surface area contributed by atoms with Crippen molar-refractivity contribution in [1.82, 2.24) is 0 Å². The Morgan fingerprint density at radius 2 is 1.47 bits per heavy atom. The summed E-state index contributed by atoms with van der Waals surface area (Å²) in [4.78, 5) is 54.6. The molecule has 0 aromatic heterocycles. The van der Waals surface area contributed by atoms with E-state index in [9.17, 15) is 49.8 Å². The van der Waals surface area contributed by atoms with Gasteiger partial charge in [0.05, 0.1) is 48.6 Å². The van der Waals surface area contributed by atoms with Gasteiger partial charge in [-0.1, -0.05) is 92.7 Å². The van der Waals surface area contributed by atoms with Crippen LogP contribution in [0.3, 0.4) is 0 Å². The molecule has 3 aliphatic rings. The van der Waals surface area contributed by atoms with E-state index in [4.69, 9.17) is 14.2 Å². The summed E-state index contributed by atoms with van der Waals surface area (Å²) in [7, 11) is 0. The number of ether oxygens (including phenoxy) is 3. The van der Waals surface area contributed by atoms with Crippen molar-refractivity contribution in [3.63, 3.8) is 0 Å². The van der Waals surface area contributed by atoms with Gasteiger partial charge < -0.3 is 44.8 Å². The second-order valence-corrected chi connectivity index (χ2v) is 18.0. The number of Topliss-reactive ketones (excluding diaryl/α,β-unsaturated/α-hetero) is 3. The lowest BCUT2D eigenvalue weighted by molar-refractivity contribution is -0.345. The number of carbonyl (C=O) groups excluding carboxylic acids is 4. The summed E-state index contributed by atoms with van der Waals surface area (Å²) in [6.45, 7) is 17.8. The summed E-state index contributed by atoms with van der Waals surface area (Å²) < 4.78 is 19.2. The van der Waals surface area contributed by atoms with E-state index in [1.807, 2.05) is 26.8 Å². The maximum Gasteiger partial charge on any atom is 0.330 e. The third-order valence-corrected chi connectivity index (χ3v) is 13.3. The minimum Gasteiger partial charge on any atom is -0.458 e. The molecule has 6 N–H and O–H groups in total. The zero-order chi connectivity index (χ0) is 44.0. The molecule has 3 rings (SSSR count). The third kappa shape index (κ3) is 11.2. The molecular weight excluding hydrogens is 748 g/mol. The number of ketones is 3. The van der Waals surface area contributed by atoms with Gasteiger partial charge in [-0.25, -0.2) is 4.79 Å². The van der Waals surface area contributed by atoms with Gasteiger partial charge in [0, 0.05) is 54.4 Å². The first kappa shape index (κ1) is 49.7. The number of fused-ring (bicyclic) bond motifs is 2. The van der Waals surface area contributed by atoms with Crippen LogP contribution in [0.2, 0.25) is 0 Å². The van der Waals surface area contributed by atoms with Gasteiger partial charge in [-0.2, -0.15) is 0 Å². The highest BCUT2D eigenvalue weighted by molar-refractivity contribution is 5.91. The minimum absolute atomic E-state index is 0.0758. The molecule has 0 saturated carbocycles. The molecule has 2 fully saturated rings. The largest absolute Gasteiger partial charge is 0.458 e. The van der Waals surface area contributed by atoms with E-state index in [1.54, 1.807) is 45.9 Å². The fraction of sp³-hybridized carbons (Fsp3) is 0.778. The lowest BCUT2D eigenvalue weighted by Gasteiger charge is -2.54. The molecular formula is C45H72O13. The normalized spacial score (nSPS) is 45.3. The van der Waals surface area contributed by atoms with Crippen LogP contribution in [0.4, 0.5) is 0 Å². The van der Waals surface area contributed by atoms with E-state index in [0.717, 1.165) is 6.08 Å². The smallest absolute Gasteiger partial charge is 0.330 e. The van der Waals surface area contributed by atoms with Crippen LogP contribution in [-0.4, -0.2) is 114 Å². The Morgan fingerprint density at radius 1 is 0.845 bits per heavy atom. The summed E-state index contributed by atoms with van der Waals surface area (Å²) in [5, 5.41) is 66.6. The lowest BCUT2D eigenvalue weighted by atomic mass is 9.74. The first-order chi connectivity index (χ1) is 26.9. The van der Waals surface area contributed by atoms with Gasteiger partial charge >= 0.3 is 5.97 Å². The monoisotopic (exact) mass is 820 g/mol. The van der Waals surface area contributed by atoms with Gasteiger partial charge in [0.1, 0.15) is 17.5 Å². The van der Waals surface area contributed by atoms with Crippen LogP contribution >= 0.6 is 0 Å². The van der Waals surface area contributed by atoms with Crippen molar-refractivity contribution in [2.75, 3.05) is 0 Å². The molecule has 19 atom stereocenters. The molecule has 2 bridgehead atoms. The molecule has 1 spiro atoms. The van der Waals surface area contributed by atoms with E-state index in [-0.39, 0.29) is 43.3 Å². The lowest BCUT2D eigenvalue weighted by Crippen LogP contribution is -2.66.